The highest BCUT2D eigenvalue weighted by Gasteiger charge is 2.22. The van der Waals surface area contributed by atoms with E-state index in [0.717, 1.165) is 23.7 Å². The first-order valence-corrected chi connectivity index (χ1v) is 13.3. The van der Waals surface area contributed by atoms with Gasteiger partial charge >= 0.3 is 0 Å². The molecule has 0 unspecified atom stereocenters. The van der Waals surface area contributed by atoms with Gasteiger partial charge in [-0.3, -0.25) is 0 Å². The van der Waals surface area contributed by atoms with Gasteiger partial charge in [0.15, 0.2) is 0 Å². The molecule has 28 heavy (non-hydrogen) atoms. The van der Waals surface area contributed by atoms with Crippen LogP contribution >= 0.6 is 0 Å². The third kappa shape index (κ3) is 5.73. The Morgan fingerprint density at radius 1 is 0.750 bits per heavy atom. The number of ether oxygens (including phenoxy) is 2. The summed E-state index contributed by atoms with van der Waals surface area (Å²) in [5.41, 5.74) is 1.34. The fourth-order valence-corrected chi connectivity index (χ4v) is 5.86. The molecule has 0 radical (unpaired) electrons. The second-order valence-corrected chi connectivity index (χ2v) is 12.6. The summed E-state index contributed by atoms with van der Waals surface area (Å²) in [5, 5.41) is 1.50. The molecule has 0 saturated carbocycles. The lowest BCUT2D eigenvalue weighted by Crippen LogP contribution is -2.41. The van der Waals surface area contributed by atoms with Crippen LogP contribution in [0.1, 0.15) is 18.9 Å². The van der Waals surface area contributed by atoms with Gasteiger partial charge in [-0.1, -0.05) is 73.2 Å². The van der Waals surface area contributed by atoms with E-state index in [4.69, 9.17) is 9.47 Å². The normalized spacial score (nSPS) is 11.2. The topological polar surface area (TPSA) is 18.5 Å². The maximum absolute atomic E-state index is 5.96. The number of rotatable bonds is 9. The first-order valence-electron chi connectivity index (χ1n) is 10.1. The molecule has 0 N–H and O–H groups in total. The third-order valence-electron chi connectivity index (χ3n) is 5.09. The molecular weight excluding hydrogens is 360 g/mol. The lowest BCUT2D eigenvalue weighted by molar-refractivity contribution is 0.340. The van der Waals surface area contributed by atoms with Crippen molar-refractivity contribution in [1.29, 1.82) is 0 Å². The van der Waals surface area contributed by atoms with E-state index in [-0.39, 0.29) is 0 Å². The van der Waals surface area contributed by atoms with Crippen molar-refractivity contribution < 1.29 is 9.47 Å². The highest BCUT2D eigenvalue weighted by atomic mass is 28.3. The van der Waals surface area contributed by atoms with Crippen LogP contribution < -0.4 is 14.7 Å². The van der Waals surface area contributed by atoms with Gasteiger partial charge in [0.05, 0.1) is 14.7 Å². The molecule has 0 aliphatic heterocycles. The van der Waals surface area contributed by atoms with E-state index in [1.54, 1.807) is 0 Å². The van der Waals surface area contributed by atoms with Crippen LogP contribution in [-0.2, 0) is 6.42 Å². The first kappa shape index (κ1) is 20.2. The summed E-state index contributed by atoms with van der Waals surface area (Å²) < 4.78 is 11.5. The van der Waals surface area contributed by atoms with Gasteiger partial charge < -0.3 is 9.47 Å². The maximum atomic E-state index is 5.96. The van der Waals surface area contributed by atoms with Gasteiger partial charge in [-0.2, -0.15) is 0 Å². The largest absolute Gasteiger partial charge is 0.494 e. The molecule has 0 bridgehead atoms. The van der Waals surface area contributed by atoms with E-state index in [9.17, 15) is 0 Å². The Balaban J connectivity index is 1.55. The Kier molecular flexibility index (Phi) is 6.94. The summed E-state index contributed by atoms with van der Waals surface area (Å²) in [4.78, 5) is 0. The number of hydrogen-bond acceptors (Lipinski definition) is 2. The summed E-state index contributed by atoms with van der Waals surface area (Å²) in [6.45, 7) is 7.65. The van der Waals surface area contributed by atoms with Gasteiger partial charge in [0, 0.05) is 0 Å². The highest BCUT2D eigenvalue weighted by Crippen LogP contribution is 2.23. The Labute approximate surface area is 170 Å². The third-order valence-corrected chi connectivity index (χ3v) is 8.59. The average molecular weight is 391 g/mol. The van der Waals surface area contributed by atoms with Crippen molar-refractivity contribution in [2.45, 2.75) is 38.9 Å². The summed E-state index contributed by atoms with van der Waals surface area (Å²) in [7, 11) is -1.44. The van der Waals surface area contributed by atoms with Crippen LogP contribution in [0.3, 0.4) is 0 Å². The Hall–Kier alpha value is -2.52. The highest BCUT2D eigenvalue weighted by molar-refractivity contribution is 6.89. The zero-order chi connectivity index (χ0) is 19.8. The van der Waals surface area contributed by atoms with E-state index in [1.165, 1.54) is 23.2 Å². The van der Waals surface area contributed by atoms with Crippen molar-refractivity contribution >= 4 is 13.3 Å². The maximum Gasteiger partial charge on any atom is 0.127 e. The predicted molar refractivity (Wildman–Crippen MR) is 121 cm³/mol. The summed E-state index contributed by atoms with van der Waals surface area (Å²) in [6, 6.07) is 28.4. The fourth-order valence-electron chi connectivity index (χ4n) is 3.44. The molecule has 0 saturated heterocycles. The number of benzene rings is 3. The van der Waals surface area contributed by atoms with Crippen molar-refractivity contribution in [3.05, 3.63) is 84.4 Å². The van der Waals surface area contributed by atoms with Crippen molar-refractivity contribution in [1.82, 2.24) is 0 Å². The zero-order valence-corrected chi connectivity index (χ0v) is 18.2. The molecule has 0 heterocycles. The molecule has 146 valence electrons. The van der Waals surface area contributed by atoms with Crippen molar-refractivity contribution in [3.8, 4) is 17.2 Å². The Bertz CT molecular complexity index is 857. The van der Waals surface area contributed by atoms with Gasteiger partial charge in [-0.25, -0.2) is 0 Å². The molecule has 0 atom stereocenters. The number of hydrogen-bond donors (Lipinski definition) is 0. The first-order chi connectivity index (χ1) is 13.6. The SMILES string of the molecule is CCOc1ccc([Si](C)(C)CCCc2cccc(Oc3ccccc3)c2)cc1. The number of para-hydroxylation sites is 1. The molecule has 0 aliphatic carbocycles. The number of aryl methyl sites for hydroxylation is 1. The van der Waals surface area contributed by atoms with Crippen molar-refractivity contribution in [3.63, 3.8) is 0 Å². The smallest absolute Gasteiger partial charge is 0.127 e. The molecule has 0 aromatic heterocycles. The molecule has 0 amide bonds. The van der Waals surface area contributed by atoms with Gasteiger partial charge in [0.25, 0.3) is 0 Å². The predicted octanol–water partition coefficient (Wildman–Crippen LogP) is 6.43. The molecule has 0 spiro atoms. The lowest BCUT2D eigenvalue weighted by Gasteiger charge is -2.23. The average Bonchev–Trinajstić information content (AvgIpc) is 2.70. The standard InChI is InChI=1S/C25H30O2Si/c1-4-26-22-15-17-25(18-16-22)28(2,3)19-9-11-21-10-8-14-24(20-21)27-23-12-6-5-7-13-23/h5-8,10,12-18,20H,4,9,11,19H2,1-3H3. The van der Waals surface area contributed by atoms with E-state index in [1.807, 2.05) is 43.3 Å². The molecule has 3 rings (SSSR count). The summed E-state index contributed by atoms with van der Waals surface area (Å²) in [6.07, 6.45) is 2.28. The van der Waals surface area contributed by atoms with Gasteiger partial charge in [0.2, 0.25) is 0 Å². The fraction of sp³-hybridized carbons (Fsp3) is 0.280. The minimum atomic E-state index is -1.44. The van der Waals surface area contributed by atoms with Crippen LogP contribution in [0.5, 0.6) is 17.2 Å². The van der Waals surface area contributed by atoms with Crippen molar-refractivity contribution in [2.75, 3.05) is 6.61 Å². The summed E-state index contributed by atoms with van der Waals surface area (Å²) in [5.74, 6) is 2.75. The minimum absolute atomic E-state index is 0.715. The second kappa shape index (κ2) is 9.61. The van der Waals surface area contributed by atoms with Gasteiger partial charge in [-0.05, 0) is 55.3 Å². The summed E-state index contributed by atoms with van der Waals surface area (Å²) >= 11 is 0. The molecule has 2 nitrogen and oxygen atoms in total. The lowest BCUT2D eigenvalue weighted by atomic mass is 10.1. The molecule has 3 aromatic rings. The van der Waals surface area contributed by atoms with E-state index in [0.29, 0.717) is 6.61 Å². The van der Waals surface area contributed by atoms with Crippen LogP contribution in [-0.4, -0.2) is 14.7 Å². The minimum Gasteiger partial charge on any atom is -0.494 e. The van der Waals surface area contributed by atoms with Crippen LogP contribution in [0.4, 0.5) is 0 Å². The molecule has 3 aromatic carbocycles. The van der Waals surface area contributed by atoms with Crippen LogP contribution in [0.15, 0.2) is 78.9 Å². The Morgan fingerprint density at radius 3 is 2.18 bits per heavy atom. The molecule has 3 heteroatoms. The van der Waals surface area contributed by atoms with E-state index < -0.39 is 8.07 Å². The van der Waals surface area contributed by atoms with Gasteiger partial charge in [-0.15, -0.1) is 0 Å². The van der Waals surface area contributed by atoms with E-state index >= 15 is 0 Å². The van der Waals surface area contributed by atoms with Crippen molar-refractivity contribution in [2.24, 2.45) is 0 Å². The van der Waals surface area contributed by atoms with Gasteiger partial charge in [0.1, 0.15) is 17.2 Å². The monoisotopic (exact) mass is 390 g/mol. The quantitative estimate of drug-likeness (QED) is 0.392. The van der Waals surface area contributed by atoms with Crippen LogP contribution in [0, 0.1) is 0 Å². The van der Waals surface area contributed by atoms with E-state index in [2.05, 4.69) is 55.6 Å². The molecular formula is C25H30O2Si. The molecule has 0 fully saturated rings. The zero-order valence-electron chi connectivity index (χ0n) is 17.2. The Morgan fingerprint density at radius 2 is 1.46 bits per heavy atom. The van der Waals surface area contributed by atoms with Crippen LogP contribution in [0.2, 0.25) is 19.1 Å². The van der Waals surface area contributed by atoms with Crippen LogP contribution in [0.25, 0.3) is 0 Å². The second-order valence-electron chi connectivity index (χ2n) is 7.76. The molecule has 0 aliphatic rings.